The number of hydrogen-bond acceptors (Lipinski definition) is 4. The molecule has 6 nitrogen and oxygen atoms in total. The van der Waals surface area contributed by atoms with Gasteiger partial charge >= 0.3 is 0 Å². The van der Waals surface area contributed by atoms with Gasteiger partial charge in [0.05, 0.1) is 16.8 Å². The van der Waals surface area contributed by atoms with Crippen LogP contribution in [0.2, 0.25) is 0 Å². The molecule has 0 saturated heterocycles. The quantitative estimate of drug-likeness (QED) is 0.505. The number of aryl methyl sites for hydroxylation is 1. The van der Waals surface area contributed by atoms with Crippen LogP contribution in [-0.4, -0.2) is 25.0 Å². The van der Waals surface area contributed by atoms with Crippen LogP contribution < -0.4 is 16.1 Å². The van der Waals surface area contributed by atoms with Gasteiger partial charge in [0.25, 0.3) is 11.8 Å². The summed E-state index contributed by atoms with van der Waals surface area (Å²) < 4.78 is 0. The number of carbonyl (C=O) groups excluding carboxylic acids is 2. The van der Waals surface area contributed by atoms with Crippen LogP contribution in [0.25, 0.3) is 0 Å². The smallest absolute Gasteiger partial charge is 0.256 e. The molecule has 3 N–H and O–H groups in total. The average molecular weight is 386 g/mol. The van der Waals surface area contributed by atoms with E-state index >= 15 is 0 Å². The lowest BCUT2D eigenvalue weighted by Gasteiger charge is -2.11. The summed E-state index contributed by atoms with van der Waals surface area (Å²) in [7, 11) is 0. The summed E-state index contributed by atoms with van der Waals surface area (Å²) in [6, 6.07) is 16.7. The minimum Gasteiger partial charge on any atom is -0.352 e. The average Bonchev–Trinajstić information content (AvgIpc) is 3.10. The maximum absolute atomic E-state index is 12.5. The number of benzene rings is 2. The molecule has 27 heavy (non-hydrogen) atoms. The zero-order chi connectivity index (χ0) is 19.1. The zero-order valence-corrected chi connectivity index (χ0v) is 15.4. The van der Waals surface area contributed by atoms with Gasteiger partial charge in [0.1, 0.15) is 11.8 Å². The maximum atomic E-state index is 12.5. The Kier molecular flexibility index (Phi) is 6.46. The second kappa shape index (κ2) is 9.21. The van der Waals surface area contributed by atoms with Crippen molar-refractivity contribution in [1.29, 1.82) is 0 Å². The largest absolute Gasteiger partial charge is 0.352 e. The van der Waals surface area contributed by atoms with Gasteiger partial charge in [0, 0.05) is 6.54 Å². The van der Waals surface area contributed by atoms with Crippen molar-refractivity contribution < 1.29 is 14.4 Å². The molecule has 0 saturated carbocycles. The molecule has 1 aliphatic rings. The van der Waals surface area contributed by atoms with Gasteiger partial charge in [-0.2, -0.15) is 0 Å². The Balaban J connectivity index is 1.58. The fourth-order valence-corrected chi connectivity index (χ4v) is 2.86. The van der Waals surface area contributed by atoms with E-state index in [0.717, 1.165) is 12.8 Å². The standard InChI is InChI=1S/C20H20ClN3O3/c21-18-17(13-27-24-18)23-20(26)16-11-5-4-10-15(16)19(25)22-12-6-9-14-7-2-1-3-8-14/h1-5,7-8,10-11,24H,6,9,12-13H2,(H,22,25)(H,23,26). The summed E-state index contributed by atoms with van der Waals surface area (Å²) in [5, 5.41) is 5.77. The molecular weight excluding hydrogens is 366 g/mol. The highest BCUT2D eigenvalue weighted by Gasteiger charge is 2.20. The first-order valence-corrected chi connectivity index (χ1v) is 9.02. The number of hydrogen-bond donors (Lipinski definition) is 3. The first-order chi connectivity index (χ1) is 13.1. The van der Waals surface area contributed by atoms with E-state index in [1.807, 2.05) is 18.2 Å². The van der Waals surface area contributed by atoms with Crippen molar-refractivity contribution in [3.8, 4) is 0 Å². The van der Waals surface area contributed by atoms with Crippen molar-refractivity contribution in [3.05, 3.63) is 82.1 Å². The van der Waals surface area contributed by atoms with Crippen LogP contribution in [0.5, 0.6) is 0 Å². The summed E-state index contributed by atoms with van der Waals surface area (Å²) in [5.41, 5.74) is 4.72. The van der Waals surface area contributed by atoms with E-state index in [1.165, 1.54) is 5.56 Å². The summed E-state index contributed by atoms with van der Waals surface area (Å²) in [5.74, 6) is -0.694. The Labute approximate surface area is 162 Å². The van der Waals surface area contributed by atoms with Gasteiger partial charge in [0.2, 0.25) is 0 Å². The van der Waals surface area contributed by atoms with Crippen molar-refractivity contribution in [2.75, 3.05) is 13.2 Å². The van der Waals surface area contributed by atoms with Crippen LogP contribution in [-0.2, 0) is 11.3 Å². The van der Waals surface area contributed by atoms with Crippen LogP contribution in [0.3, 0.4) is 0 Å². The third-order valence-corrected chi connectivity index (χ3v) is 4.40. The Morgan fingerprint density at radius 2 is 1.67 bits per heavy atom. The van der Waals surface area contributed by atoms with Gasteiger partial charge in [-0.1, -0.05) is 54.1 Å². The van der Waals surface area contributed by atoms with Crippen molar-refractivity contribution in [2.45, 2.75) is 12.8 Å². The fourth-order valence-electron chi connectivity index (χ4n) is 2.71. The summed E-state index contributed by atoms with van der Waals surface area (Å²) >= 11 is 5.90. The van der Waals surface area contributed by atoms with Crippen LogP contribution in [0.1, 0.15) is 32.7 Å². The van der Waals surface area contributed by atoms with E-state index in [-0.39, 0.29) is 23.2 Å². The van der Waals surface area contributed by atoms with E-state index in [1.54, 1.807) is 24.3 Å². The molecule has 0 bridgehead atoms. The van der Waals surface area contributed by atoms with Crippen molar-refractivity contribution in [1.82, 2.24) is 16.1 Å². The Bertz CT molecular complexity index is 853. The Morgan fingerprint density at radius 1 is 1.00 bits per heavy atom. The molecule has 0 spiro atoms. The highest BCUT2D eigenvalue weighted by molar-refractivity contribution is 6.29. The third-order valence-electron chi connectivity index (χ3n) is 4.09. The number of halogens is 1. The Hall–Kier alpha value is -2.83. The molecule has 1 aliphatic heterocycles. The lowest BCUT2D eigenvalue weighted by molar-refractivity contribution is 0.0910. The lowest BCUT2D eigenvalue weighted by atomic mass is 10.1. The molecule has 0 aromatic heterocycles. The molecule has 140 valence electrons. The summed E-state index contributed by atoms with van der Waals surface area (Å²) in [6.07, 6.45) is 1.69. The van der Waals surface area contributed by atoms with E-state index in [0.29, 0.717) is 17.8 Å². The van der Waals surface area contributed by atoms with Gasteiger partial charge in [-0.3, -0.25) is 19.9 Å². The number of rotatable bonds is 7. The predicted molar refractivity (Wildman–Crippen MR) is 103 cm³/mol. The van der Waals surface area contributed by atoms with Crippen LogP contribution in [0, 0.1) is 0 Å². The summed E-state index contributed by atoms with van der Waals surface area (Å²) in [4.78, 5) is 30.0. The first kappa shape index (κ1) is 18.9. The molecule has 2 aromatic carbocycles. The van der Waals surface area contributed by atoms with Crippen molar-refractivity contribution in [3.63, 3.8) is 0 Å². The minimum absolute atomic E-state index is 0.151. The second-order valence-electron chi connectivity index (χ2n) is 6.03. The summed E-state index contributed by atoms with van der Waals surface area (Å²) in [6.45, 7) is 0.677. The zero-order valence-electron chi connectivity index (χ0n) is 14.6. The SMILES string of the molecule is O=C(NCCCc1ccccc1)c1ccccc1C(=O)NC1=C(Cl)NOC1. The molecule has 0 atom stereocenters. The second-order valence-corrected chi connectivity index (χ2v) is 6.41. The van der Waals surface area contributed by atoms with E-state index in [9.17, 15) is 9.59 Å². The molecule has 7 heteroatoms. The number of amides is 2. The maximum Gasteiger partial charge on any atom is 0.256 e. The molecule has 2 aromatic rings. The van der Waals surface area contributed by atoms with Gasteiger partial charge in [-0.05, 0) is 30.5 Å². The van der Waals surface area contributed by atoms with E-state index in [4.69, 9.17) is 16.4 Å². The number of hydroxylamine groups is 1. The monoisotopic (exact) mass is 385 g/mol. The molecule has 3 rings (SSSR count). The third kappa shape index (κ3) is 5.09. The van der Waals surface area contributed by atoms with Crippen LogP contribution >= 0.6 is 11.6 Å². The highest BCUT2D eigenvalue weighted by Crippen LogP contribution is 2.14. The Morgan fingerprint density at radius 3 is 2.33 bits per heavy atom. The number of nitrogens with one attached hydrogen (secondary N) is 3. The van der Waals surface area contributed by atoms with Gasteiger partial charge < -0.3 is 10.6 Å². The number of carbonyl (C=O) groups is 2. The van der Waals surface area contributed by atoms with E-state index < -0.39 is 5.91 Å². The van der Waals surface area contributed by atoms with E-state index in [2.05, 4.69) is 28.2 Å². The molecular formula is C20H20ClN3O3. The minimum atomic E-state index is -0.412. The first-order valence-electron chi connectivity index (χ1n) is 8.64. The molecule has 1 heterocycles. The van der Waals surface area contributed by atoms with Gasteiger partial charge in [0.15, 0.2) is 0 Å². The molecule has 0 unspecified atom stereocenters. The topological polar surface area (TPSA) is 79.5 Å². The van der Waals surface area contributed by atoms with Crippen LogP contribution in [0.15, 0.2) is 65.5 Å². The van der Waals surface area contributed by atoms with Gasteiger partial charge in [-0.15, -0.1) is 0 Å². The van der Waals surface area contributed by atoms with Gasteiger partial charge in [-0.25, -0.2) is 0 Å². The van der Waals surface area contributed by atoms with Crippen molar-refractivity contribution >= 4 is 23.4 Å². The molecule has 2 amide bonds. The normalized spacial score (nSPS) is 13.2. The fraction of sp³-hybridized carbons (Fsp3) is 0.200. The lowest BCUT2D eigenvalue weighted by Crippen LogP contribution is -2.30. The van der Waals surface area contributed by atoms with Crippen LogP contribution in [0.4, 0.5) is 0 Å². The van der Waals surface area contributed by atoms with Crippen molar-refractivity contribution in [2.24, 2.45) is 0 Å². The molecule has 0 radical (unpaired) electrons. The highest BCUT2D eigenvalue weighted by atomic mass is 35.5. The predicted octanol–water partition coefficient (Wildman–Crippen LogP) is 2.72. The molecule has 0 fully saturated rings. The molecule has 0 aliphatic carbocycles.